The highest BCUT2D eigenvalue weighted by atomic mass is 32.2. The molecule has 8 heteroatoms. The van der Waals surface area contributed by atoms with Crippen molar-refractivity contribution in [3.8, 4) is 0 Å². The van der Waals surface area contributed by atoms with Crippen molar-refractivity contribution < 1.29 is 21.0 Å². The van der Waals surface area contributed by atoms with Gasteiger partial charge in [-0.2, -0.15) is 0 Å². The summed E-state index contributed by atoms with van der Waals surface area (Å²) in [6, 6.07) is 5.65. The molecule has 1 rings (SSSR count). The molecule has 2 N–H and O–H groups in total. The summed E-state index contributed by atoms with van der Waals surface area (Å²) in [5.41, 5.74) is 5.87. The van der Waals surface area contributed by atoms with Gasteiger partial charge in [-0.25, -0.2) is 16.8 Å². The van der Waals surface area contributed by atoms with Gasteiger partial charge in [0.15, 0.2) is 9.84 Å². The maximum Gasteiger partial charge on any atom is 0.257 e. The first-order valence-corrected chi connectivity index (χ1v) is 7.02. The molecule has 0 saturated heterocycles. The Labute approximate surface area is 95.1 Å². The molecule has 0 atom stereocenters. The zero-order chi connectivity index (χ0) is 12.2. The lowest BCUT2D eigenvalue weighted by Gasteiger charge is -2.03. The van der Waals surface area contributed by atoms with E-state index in [1.54, 1.807) is 0 Å². The van der Waals surface area contributed by atoms with E-state index in [0.29, 0.717) is 5.69 Å². The van der Waals surface area contributed by atoms with Crippen molar-refractivity contribution in [2.45, 2.75) is 4.90 Å². The molecule has 0 unspecified atom stereocenters. The van der Waals surface area contributed by atoms with Crippen LogP contribution in [0.2, 0.25) is 0 Å². The highest BCUT2D eigenvalue weighted by Crippen LogP contribution is 2.13. The van der Waals surface area contributed by atoms with E-state index < -0.39 is 20.8 Å². The minimum atomic E-state index is -3.52. The van der Waals surface area contributed by atoms with Crippen LogP contribution in [0.3, 0.4) is 0 Å². The highest BCUT2D eigenvalue weighted by molar-refractivity contribution is 7.91. The average molecular weight is 265 g/mol. The van der Waals surface area contributed by atoms with Gasteiger partial charge < -0.3 is 5.73 Å². The summed E-state index contributed by atoms with van der Waals surface area (Å²) in [5, 5.41) is 0. The topological polar surface area (TPSA) is 104 Å². The number of sulfone groups is 1. The van der Waals surface area contributed by atoms with Gasteiger partial charge in [0.05, 0.1) is 17.3 Å². The van der Waals surface area contributed by atoms with Crippen LogP contribution in [-0.2, 0) is 25.0 Å². The molecule has 0 saturated carbocycles. The molecule has 0 fully saturated rings. The third-order valence-electron chi connectivity index (χ3n) is 1.79. The first kappa shape index (κ1) is 12.9. The number of nitrogens with two attached hydrogens (primary N) is 1. The van der Waals surface area contributed by atoms with E-state index in [0.717, 1.165) is 0 Å². The fourth-order valence-corrected chi connectivity index (χ4v) is 2.47. The lowest BCUT2D eigenvalue weighted by molar-refractivity contribution is 0.355. The van der Waals surface area contributed by atoms with Gasteiger partial charge in [0.2, 0.25) is 0 Å². The van der Waals surface area contributed by atoms with Crippen molar-refractivity contribution >= 4 is 26.5 Å². The van der Waals surface area contributed by atoms with Gasteiger partial charge in [0, 0.05) is 5.69 Å². The van der Waals surface area contributed by atoms with Gasteiger partial charge in [-0.05, 0) is 24.3 Å². The summed E-state index contributed by atoms with van der Waals surface area (Å²) >= 11 is 0. The number of hydrogen-bond acceptors (Lipinski definition) is 6. The molecule has 1 aromatic carbocycles. The van der Waals surface area contributed by atoms with Gasteiger partial charge in [-0.3, -0.25) is 4.18 Å². The van der Waals surface area contributed by atoms with Crippen LogP contribution in [0, 0.1) is 0 Å². The molecule has 0 aliphatic rings. The van der Waals surface area contributed by atoms with Crippen LogP contribution in [0.15, 0.2) is 29.2 Å². The largest absolute Gasteiger partial charge is 0.399 e. The van der Waals surface area contributed by atoms with E-state index in [2.05, 4.69) is 4.18 Å². The number of thiol groups is 1. The number of rotatable bonds is 5. The Morgan fingerprint density at radius 2 is 1.75 bits per heavy atom. The summed E-state index contributed by atoms with van der Waals surface area (Å²) in [4.78, 5) is 0.0893. The molecule has 16 heavy (non-hydrogen) atoms. The second-order valence-electron chi connectivity index (χ2n) is 2.94. The zero-order valence-corrected chi connectivity index (χ0v) is 9.91. The second kappa shape index (κ2) is 5.28. The smallest absolute Gasteiger partial charge is 0.257 e. The van der Waals surface area contributed by atoms with Crippen LogP contribution in [0.1, 0.15) is 0 Å². The van der Waals surface area contributed by atoms with Gasteiger partial charge in [0.25, 0.3) is 11.0 Å². The zero-order valence-electron chi connectivity index (χ0n) is 8.20. The Balaban J connectivity index is 2.74. The molecule has 0 aliphatic carbocycles. The Morgan fingerprint density at radius 3 is 2.25 bits per heavy atom. The molecule has 6 nitrogen and oxygen atoms in total. The molecular weight excluding hydrogens is 254 g/mol. The van der Waals surface area contributed by atoms with Crippen LogP contribution in [-0.4, -0.2) is 29.2 Å². The van der Waals surface area contributed by atoms with Crippen LogP contribution < -0.4 is 5.73 Å². The molecule has 0 spiro atoms. The maximum absolute atomic E-state index is 11.6. The molecule has 0 aromatic heterocycles. The Kier molecular flexibility index (Phi) is 4.27. The first-order chi connectivity index (χ1) is 7.42. The quantitative estimate of drug-likeness (QED) is 0.554. The molecule has 0 radical (unpaired) electrons. The van der Waals surface area contributed by atoms with E-state index in [1.165, 1.54) is 24.3 Å². The third-order valence-corrected chi connectivity index (χ3v) is 3.88. The molecular formula is C8H11NO5S2. The number of nitrogen functional groups attached to an aromatic ring is 1. The van der Waals surface area contributed by atoms with Crippen molar-refractivity contribution in [2.24, 2.45) is 0 Å². The number of benzene rings is 1. The molecule has 90 valence electrons. The van der Waals surface area contributed by atoms with Crippen molar-refractivity contribution in [1.29, 1.82) is 0 Å². The van der Waals surface area contributed by atoms with E-state index in [1.807, 2.05) is 0 Å². The van der Waals surface area contributed by atoms with Crippen LogP contribution >= 0.6 is 0 Å². The first-order valence-electron chi connectivity index (χ1n) is 4.27. The summed E-state index contributed by atoms with van der Waals surface area (Å²) in [6.45, 7) is -0.384. The summed E-state index contributed by atoms with van der Waals surface area (Å²) in [7, 11) is -6.53. The monoisotopic (exact) mass is 265 g/mol. The highest BCUT2D eigenvalue weighted by Gasteiger charge is 2.13. The van der Waals surface area contributed by atoms with Crippen molar-refractivity contribution in [1.82, 2.24) is 0 Å². The second-order valence-corrected chi connectivity index (χ2v) is 5.76. The van der Waals surface area contributed by atoms with E-state index >= 15 is 0 Å². The van der Waals surface area contributed by atoms with E-state index in [4.69, 9.17) is 5.73 Å². The average Bonchev–Trinajstić information content (AvgIpc) is 2.17. The lowest BCUT2D eigenvalue weighted by atomic mass is 10.3. The lowest BCUT2D eigenvalue weighted by Crippen LogP contribution is -2.12. The fourth-order valence-electron chi connectivity index (χ4n) is 1.01. The Morgan fingerprint density at radius 1 is 1.19 bits per heavy atom. The minimum absolute atomic E-state index is 0.0893. The third kappa shape index (κ3) is 3.80. The molecule has 0 heterocycles. The van der Waals surface area contributed by atoms with Gasteiger partial charge >= 0.3 is 0 Å². The maximum atomic E-state index is 11.6. The Hall–Kier alpha value is -1.12. The van der Waals surface area contributed by atoms with Gasteiger partial charge in [0.1, 0.15) is 0 Å². The van der Waals surface area contributed by atoms with Crippen molar-refractivity contribution in [2.75, 3.05) is 18.1 Å². The molecule has 0 amide bonds. The van der Waals surface area contributed by atoms with Gasteiger partial charge in [-0.15, -0.1) is 0 Å². The van der Waals surface area contributed by atoms with E-state index in [-0.39, 0.29) is 17.3 Å². The standard InChI is InChI=1S/C8H11NO5S2/c9-7-1-3-8(4-2-7)16(12,13)6-5-14-15(10)11/h1-4,15H,5-6,9H2. The molecule has 0 bridgehead atoms. The van der Waals surface area contributed by atoms with Crippen LogP contribution in [0.25, 0.3) is 0 Å². The Bertz CT molecular complexity index is 510. The normalized spacial score (nSPS) is 11.8. The minimum Gasteiger partial charge on any atom is -0.399 e. The van der Waals surface area contributed by atoms with Crippen molar-refractivity contribution in [3.63, 3.8) is 0 Å². The predicted molar refractivity (Wildman–Crippen MR) is 59.2 cm³/mol. The van der Waals surface area contributed by atoms with Crippen LogP contribution in [0.5, 0.6) is 0 Å². The molecule has 1 aromatic rings. The fraction of sp³-hybridized carbons (Fsp3) is 0.250. The summed E-state index contributed by atoms with van der Waals surface area (Å²) < 4.78 is 47.5. The number of anilines is 1. The van der Waals surface area contributed by atoms with Gasteiger partial charge in [-0.1, -0.05) is 0 Å². The van der Waals surface area contributed by atoms with Crippen LogP contribution in [0.4, 0.5) is 5.69 Å². The predicted octanol–water partition coefficient (Wildman–Crippen LogP) is -0.414. The summed E-state index contributed by atoms with van der Waals surface area (Å²) in [6.07, 6.45) is 0. The summed E-state index contributed by atoms with van der Waals surface area (Å²) in [5.74, 6) is -0.389. The van der Waals surface area contributed by atoms with Crippen molar-refractivity contribution in [3.05, 3.63) is 24.3 Å². The SMILES string of the molecule is Nc1ccc(S(=O)(=O)CCO[SH](=O)=O)cc1. The molecule has 0 aliphatic heterocycles. The number of hydrogen-bond donors (Lipinski definition) is 2. The van der Waals surface area contributed by atoms with E-state index in [9.17, 15) is 16.8 Å².